The van der Waals surface area contributed by atoms with Gasteiger partial charge in [-0.25, -0.2) is 9.97 Å². The normalized spacial score (nSPS) is 16.4. The zero-order valence-corrected chi connectivity index (χ0v) is 15.8. The standard InChI is InChI=1S/C21H24N4O3/c1-27-10-11-28-15-6-7-18-17(12-15)21(23-14-8-9-22-13-14)25-20(24-18)16-4-2-3-5-19(16)26/h2-7,12,14,22,26H,8-11,13H2,1H3,(H,23,24,25)/t14-/m0/s1. The lowest BCUT2D eigenvalue weighted by molar-refractivity contribution is 0.146. The minimum absolute atomic E-state index is 0.162. The van der Waals surface area contributed by atoms with Crippen molar-refractivity contribution in [3.8, 4) is 22.9 Å². The van der Waals surface area contributed by atoms with E-state index in [0.717, 1.165) is 42.0 Å². The molecule has 7 heteroatoms. The van der Waals surface area contributed by atoms with Crippen LogP contribution in [0.5, 0.6) is 11.5 Å². The number of nitrogens with one attached hydrogen (secondary N) is 2. The van der Waals surface area contributed by atoms with Gasteiger partial charge < -0.3 is 25.2 Å². The zero-order valence-electron chi connectivity index (χ0n) is 15.8. The van der Waals surface area contributed by atoms with Crippen LogP contribution in [0.4, 0.5) is 5.82 Å². The number of hydrogen-bond donors (Lipinski definition) is 3. The summed E-state index contributed by atoms with van der Waals surface area (Å²) in [6, 6.07) is 13.2. The van der Waals surface area contributed by atoms with E-state index in [2.05, 4.69) is 15.6 Å². The molecule has 1 fully saturated rings. The van der Waals surface area contributed by atoms with Crippen LogP contribution in [0.3, 0.4) is 0 Å². The first-order chi connectivity index (χ1) is 13.7. The van der Waals surface area contributed by atoms with Crippen LogP contribution in [0.1, 0.15) is 6.42 Å². The molecule has 0 aliphatic carbocycles. The molecule has 3 N–H and O–H groups in total. The van der Waals surface area contributed by atoms with Crippen LogP contribution < -0.4 is 15.4 Å². The third-order valence-electron chi connectivity index (χ3n) is 4.77. The van der Waals surface area contributed by atoms with Crippen molar-refractivity contribution < 1.29 is 14.6 Å². The van der Waals surface area contributed by atoms with Crippen LogP contribution in [-0.4, -0.2) is 54.5 Å². The summed E-state index contributed by atoms with van der Waals surface area (Å²) >= 11 is 0. The third kappa shape index (κ3) is 4.00. The predicted molar refractivity (Wildman–Crippen MR) is 109 cm³/mol. The van der Waals surface area contributed by atoms with Crippen molar-refractivity contribution in [2.45, 2.75) is 12.5 Å². The molecule has 1 aliphatic rings. The van der Waals surface area contributed by atoms with E-state index < -0.39 is 0 Å². The summed E-state index contributed by atoms with van der Waals surface area (Å²) in [6.45, 7) is 2.88. The van der Waals surface area contributed by atoms with E-state index >= 15 is 0 Å². The first-order valence-corrected chi connectivity index (χ1v) is 9.44. The van der Waals surface area contributed by atoms with Gasteiger partial charge in [-0.05, 0) is 43.3 Å². The van der Waals surface area contributed by atoms with Gasteiger partial charge in [0.15, 0.2) is 5.82 Å². The van der Waals surface area contributed by atoms with Gasteiger partial charge in [-0.3, -0.25) is 0 Å². The number of aromatic hydroxyl groups is 1. The van der Waals surface area contributed by atoms with Crippen molar-refractivity contribution in [2.75, 3.05) is 38.7 Å². The van der Waals surface area contributed by atoms with Crippen molar-refractivity contribution in [3.05, 3.63) is 42.5 Å². The maximum atomic E-state index is 10.2. The Morgan fingerprint density at radius 1 is 1.18 bits per heavy atom. The Bertz CT molecular complexity index is 958. The monoisotopic (exact) mass is 380 g/mol. The van der Waals surface area contributed by atoms with Gasteiger partial charge in [0.05, 0.1) is 17.7 Å². The maximum Gasteiger partial charge on any atom is 0.165 e. The molecule has 0 saturated carbocycles. The molecule has 1 aliphatic heterocycles. The fraction of sp³-hybridized carbons (Fsp3) is 0.333. The second kappa shape index (κ2) is 8.41. The van der Waals surface area contributed by atoms with Crippen LogP contribution >= 0.6 is 0 Å². The summed E-state index contributed by atoms with van der Waals surface area (Å²) in [5.74, 6) is 2.15. The van der Waals surface area contributed by atoms with E-state index in [9.17, 15) is 5.11 Å². The first kappa shape index (κ1) is 18.5. The van der Waals surface area contributed by atoms with Gasteiger partial charge in [-0.2, -0.15) is 0 Å². The molecule has 1 aromatic heterocycles. The average molecular weight is 380 g/mol. The molecule has 28 heavy (non-hydrogen) atoms. The lowest BCUT2D eigenvalue weighted by Crippen LogP contribution is -2.23. The Morgan fingerprint density at radius 3 is 2.86 bits per heavy atom. The number of ether oxygens (including phenoxy) is 2. The van der Waals surface area contributed by atoms with Crippen LogP contribution in [0, 0.1) is 0 Å². The zero-order chi connectivity index (χ0) is 19.3. The Kier molecular flexibility index (Phi) is 5.55. The Hall–Kier alpha value is -2.90. The largest absolute Gasteiger partial charge is 0.507 e. The van der Waals surface area contributed by atoms with Crippen molar-refractivity contribution in [3.63, 3.8) is 0 Å². The number of hydrogen-bond acceptors (Lipinski definition) is 7. The van der Waals surface area contributed by atoms with Crippen LogP contribution in [0.25, 0.3) is 22.3 Å². The Morgan fingerprint density at radius 2 is 2.07 bits per heavy atom. The summed E-state index contributed by atoms with van der Waals surface area (Å²) in [5.41, 5.74) is 1.40. The molecule has 7 nitrogen and oxygen atoms in total. The number of anilines is 1. The average Bonchev–Trinajstić information content (AvgIpc) is 3.22. The second-order valence-corrected chi connectivity index (χ2v) is 6.77. The summed E-state index contributed by atoms with van der Waals surface area (Å²) in [7, 11) is 1.65. The van der Waals surface area contributed by atoms with E-state index in [1.807, 2.05) is 30.3 Å². The van der Waals surface area contributed by atoms with Crippen LogP contribution in [0.15, 0.2) is 42.5 Å². The van der Waals surface area contributed by atoms with Gasteiger partial charge in [0.25, 0.3) is 0 Å². The topological polar surface area (TPSA) is 88.5 Å². The van der Waals surface area contributed by atoms with Crippen molar-refractivity contribution in [2.24, 2.45) is 0 Å². The highest BCUT2D eigenvalue weighted by atomic mass is 16.5. The summed E-state index contributed by atoms with van der Waals surface area (Å²) in [6.07, 6.45) is 1.03. The number of para-hydroxylation sites is 1. The summed E-state index contributed by atoms with van der Waals surface area (Å²) in [4.78, 5) is 9.41. The molecule has 4 rings (SSSR count). The highest BCUT2D eigenvalue weighted by Crippen LogP contribution is 2.32. The Balaban J connectivity index is 1.76. The lowest BCUT2D eigenvalue weighted by atomic mass is 10.1. The van der Waals surface area contributed by atoms with Crippen LogP contribution in [0.2, 0.25) is 0 Å². The fourth-order valence-corrected chi connectivity index (χ4v) is 3.30. The smallest absolute Gasteiger partial charge is 0.165 e. The summed E-state index contributed by atoms with van der Waals surface area (Å²) in [5, 5.41) is 18.0. The number of aromatic nitrogens is 2. The molecule has 0 bridgehead atoms. The molecule has 1 saturated heterocycles. The highest BCUT2D eigenvalue weighted by molar-refractivity contribution is 5.92. The molecule has 146 valence electrons. The van der Waals surface area contributed by atoms with Crippen molar-refractivity contribution >= 4 is 16.7 Å². The quantitative estimate of drug-likeness (QED) is 0.543. The van der Waals surface area contributed by atoms with E-state index in [4.69, 9.17) is 14.5 Å². The van der Waals surface area contributed by atoms with Gasteiger partial charge in [0.2, 0.25) is 0 Å². The van der Waals surface area contributed by atoms with Gasteiger partial charge in [0.1, 0.15) is 23.9 Å². The molecule has 2 aromatic carbocycles. The van der Waals surface area contributed by atoms with E-state index in [1.165, 1.54) is 0 Å². The highest BCUT2D eigenvalue weighted by Gasteiger charge is 2.18. The van der Waals surface area contributed by atoms with Gasteiger partial charge in [0, 0.05) is 25.1 Å². The second-order valence-electron chi connectivity index (χ2n) is 6.77. The van der Waals surface area contributed by atoms with Gasteiger partial charge in [-0.1, -0.05) is 12.1 Å². The van der Waals surface area contributed by atoms with E-state index in [1.54, 1.807) is 19.2 Å². The third-order valence-corrected chi connectivity index (χ3v) is 4.77. The SMILES string of the molecule is COCCOc1ccc2nc(-c3ccccc3O)nc(N[C@H]3CCNC3)c2c1. The molecular weight excluding hydrogens is 356 g/mol. The molecular formula is C21H24N4O3. The van der Waals surface area contributed by atoms with Crippen molar-refractivity contribution in [1.29, 1.82) is 0 Å². The fourth-order valence-electron chi connectivity index (χ4n) is 3.30. The van der Waals surface area contributed by atoms with Gasteiger partial charge in [-0.15, -0.1) is 0 Å². The molecule has 2 heterocycles. The minimum Gasteiger partial charge on any atom is -0.507 e. The number of fused-ring (bicyclic) bond motifs is 1. The Labute approximate surface area is 163 Å². The van der Waals surface area contributed by atoms with Crippen LogP contribution in [-0.2, 0) is 4.74 Å². The molecule has 0 radical (unpaired) electrons. The van der Waals surface area contributed by atoms with Crippen molar-refractivity contribution in [1.82, 2.24) is 15.3 Å². The minimum atomic E-state index is 0.162. The number of rotatable bonds is 7. The molecule has 3 aromatic rings. The molecule has 0 spiro atoms. The molecule has 1 atom stereocenters. The molecule has 0 unspecified atom stereocenters. The molecule has 0 amide bonds. The number of phenols is 1. The number of phenolic OH excluding ortho intramolecular Hbond substituents is 1. The maximum absolute atomic E-state index is 10.2. The van der Waals surface area contributed by atoms with E-state index in [-0.39, 0.29) is 5.75 Å². The number of nitrogens with zero attached hydrogens (tertiary/aromatic N) is 2. The lowest BCUT2D eigenvalue weighted by Gasteiger charge is -2.16. The number of methoxy groups -OCH3 is 1. The summed E-state index contributed by atoms with van der Waals surface area (Å²) < 4.78 is 10.8. The predicted octanol–water partition coefficient (Wildman–Crippen LogP) is 2.80. The van der Waals surface area contributed by atoms with Gasteiger partial charge >= 0.3 is 0 Å². The first-order valence-electron chi connectivity index (χ1n) is 9.44. The number of benzene rings is 2. The van der Waals surface area contributed by atoms with E-state index in [0.29, 0.717) is 30.6 Å².